The second-order valence-electron chi connectivity index (χ2n) is 4.87. The Morgan fingerprint density at radius 1 is 1.31 bits per heavy atom. The van der Waals surface area contributed by atoms with Crippen LogP contribution in [0.5, 0.6) is 0 Å². The van der Waals surface area contributed by atoms with Gasteiger partial charge in [0.2, 0.25) is 0 Å². The van der Waals surface area contributed by atoms with Gasteiger partial charge in [0.25, 0.3) is 0 Å². The molecular formula is C15H24O. The number of rotatable bonds is 5. The molecule has 1 fully saturated rings. The fraction of sp³-hybridized carbons (Fsp3) is 0.600. The Labute approximate surface area is 99.6 Å². The van der Waals surface area contributed by atoms with Crippen molar-refractivity contribution in [2.24, 2.45) is 5.41 Å². The van der Waals surface area contributed by atoms with E-state index in [2.05, 4.69) is 13.5 Å². The lowest BCUT2D eigenvalue weighted by molar-refractivity contribution is 0.341. The molecule has 90 valence electrons. The maximum absolute atomic E-state index is 9.24. The second kappa shape index (κ2) is 5.93. The van der Waals surface area contributed by atoms with E-state index in [1.54, 1.807) is 13.0 Å². The van der Waals surface area contributed by atoms with E-state index in [1.807, 2.05) is 12.2 Å². The minimum atomic E-state index is 0.336. The van der Waals surface area contributed by atoms with Gasteiger partial charge < -0.3 is 5.11 Å². The minimum Gasteiger partial charge on any atom is -0.513 e. The van der Waals surface area contributed by atoms with Crippen LogP contribution >= 0.6 is 0 Å². The number of hydrogen-bond acceptors (Lipinski definition) is 1. The summed E-state index contributed by atoms with van der Waals surface area (Å²) in [7, 11) is 0. The molecule has 1 nitrogen and oxygen atoms in total. The average molecular weight is 220 g/mol. The lowest BCUT2D eigenvalue weighted by Crippen LogP contribution is -2.18. The number of hydrogen-bond donors (Lipinski definition) is 1. The Balaban J connectivity index is 2.94. The van der Waals surface area contributed by atoms with Crippen LogP contribution in [-0.4, -0.2) is 5.11 Å². The van der Waals surface area contributed by atoms with E-state index in [4.69, 9.17) is 0 Å². The summed E-state index contributed by atoms with van der Waals surface area (Å²) >= 11 is 0. The molecule has 0 heterocycles. The van der Waals surface area contributed by atoms with Gasteiger partial charge in [-0.15, -0.1) is 0 Å². The first-order valence-electron chi connectivity index (χ1n) is 6.35. The maximum atomic E-state index is 9.24. The van der Waals surface area contributed by atoms with Gasteiger partial charge in [-0.25, -0.2) is 0 Å². The highest BCUT2D eigenvalue weighted by Crippen LogP contribution is 2.48. The zero-order valence-electron chi connectivity index (χ0n) is 10.6. The molecule has 1 rings (SSSR count). The van der Waals surface area contributed by atoms with Gasteiger partial charge in [-0.05, 0) is 43.3 Å². The smallest absolute Gasteiger partial charge is 0.0891 e. The van der Waals surface area contributed by atoms with Gasteiger partial charge in [-0.3, -0.25) is 0 Å². The van der Waals surface area contributed by atoms with Crippen molar-refractivity contribution in [2.75, 3.05) is 0 Å². The third kappa shape index (κ3) is 3.01. The van der Waals surface area contributed by atoms with Gasteiger partial charge in [0.1, 0.15) is 0 Å². The van der Waals surface area contributed by atoms with Crippen LogP contribution in [0, 0.1) is 5.41 Å². The summed E-state index contributed by atoms with van der Waals surface area (Å²) in [6.07, 6.45) is 13.5. The highest BCUT2D eigenvalue weighted by Gasteiger charge is 2.34. The standard InChI is InChI=1S/C15H24O/c1-4-10-15(11-6-7-12-15)14(5-2)9-8-13(3)16/h5,8-9,16H,2,4,6-7,10-12H2,1,3H3/b13-8+,14-9+. The van der Waals surface area contributed by atoms with E-state index in [0.29, 0.717) is 11.2 Å². The average Bonchev–Trinajstić information content (AvgIpc) is 2.68. The molecular weight excluding hydrogens is 196 g/mol. The van der Waals surface area contributed by atoms with E-state index in [9.17, 15) is 5.11 Å². The zero-order chi connectivity index (χ0) is 12.0. The maximum Gasteiger partial charge on any atom is 0.0891 e. The Morgan fingerprint density at radius 2 is 1.94 bits per heavy atom. The molecule has 0 aromatic carbocycles. The van der Waals surface area contributed by atoms with Crippen LogP contribution in [0.15, 0.2) is 36.1 Å². The fourth-order valence-electron chi connectivity index (χ4n) is 2.89. The molecule has 0 aromatic heterocycles. The highest BCUT2D eigenvalue weighted by atomic mass is 16.3. The molecule has 16 heavy (non-hydrogen) atoms. The quantitative estimate of drug-likeness (QED) is 0.515. The van der Waals surface area contributed by atoms with E-state index in [0.717, 1.165) is 0 Å². The Hall–Kier alpha value is -0.980. The van der Waals surface area contributed by atoms with E-state index < -0.39 is 0 Å². The van der Waals surface area contributed by atoms with Crippen LogP contribution < -0.4 is 0 Å². The van der Waals surface area contributed by atoms with Gasteiger partial charge in [-0.2, -0.15) is 0 Å². The molecule has 0 spiro atoms. The lowest BCUT2D eigenvalue weighted by Gasteiger charge is -2.30. The molecule has 0 aliphatic heterocycles. The first kappa shape index (κ1) is 13.1. The normalized spacial score (nSPS) is 21.1. The summed E-state index contributed by atoms with van der Waals surface area (Å²) in [6, 6.07) is 0. The molecule has 0 radical (unpaired) electrons. The van der Waals surface area contributed by atoms with Gasteiger partial charge >= 0.3 is 0 Å². The molecule has 0 amide bonds. The summed E-state index contributed by atoms with van der Waals surface area (Å²) in [4.78, 5) is 0. The van der Waals surface area contributed by atoms with E-state index >= 15 is 0 Å². The third-order valence-electron chi connectivity index (χ3n) is 3.63. The van der Waals surface area contributed by atoms with Crippen LogP contribution in [0.1, 0.15) is 52.4 Å². The van der Waals surface area contributed by atoms with Crippen molar-refractivity contribution in [3.8, 4) is 0 Å². The largest absolute Gasteiger partial charge is 0.513 e. The van der Waals surface area contributed by atoms with E-state index in [-0.39, 0.29) is 0 Å². The predicted molar refractivity (Wildman–Crippen MR) is 70.5 cm³/mol. The predicted octanol–water partition coefficient (Wildman–Crippen LogP) is 4.92. The van der Waals surface area contributed by atoms with Crippen LogP contribution in [0.25, 0.3) is 0 Å². The van der Waals surface area contributed by atoms with Gasteiger partial charge in [0.05, 0.1) is 5.76 Å². The Morgan fingerprint density at radius 3 is 2.38 bits per heavy atom. The van der Waals surface area contributed by atoms with Crippen LogP contribution in [0.2, 0.25) is 0 Å². The van der Waals surface area contributed by atoms with Crippen molar-refractivity contribution in [1.82, 2.24) is 0 Å². The van der Waals surface area contributed by atoms with Crippen LogP contribution in [0.4, 0.5) is 0 Å². The number of allylic oxidation sites excluding steroid dienone is 5. The van der Waals surface area contributed by atoms with Gasteiger partial charge in [-0.1, -0.05) is 44.9 Å². The molecule has 1 aliphatic rings. The molecule has 1 aliphatic carbocycles. The van der Waals surface area contributed by atoms with E-state index in [1.165, 1.54) is 44.1 Å². The Bertz CT molecular complexity index is 287. The minimum absolute atomic E-state index is 0.336. The molecule has 0 atom stereocenters. The molecule has 0 bridgehead atoms. The molecule has 1 saturated carbocycles. The molecule has 0 saturated heterocycles. The first-order valence-corrected chi connectivity index (χ1v) is 6.35. The molecule has 1 heteroatoms. The topological polar surface area (TPSA) is 20.2 Å². The SMILES string of the molecule is C=C/C(=C\C=C(/C)O)C1(CCC)CCCC1. The molecule has 1 N–H and O–H groups in total. The molecule has 0 aromatic rings. The number of aliphatic hydroxyl groups excluding tert-OH is 1. The van der Waals surface area contributed by atoms with Crippen molar-refractivity contribution < 1.29 is 5.11 Å². The summed E-state index contributed by atoms with van der Waals surface area (Å²) in [6.45, 7) is 7.88. The van der Waals surface area contributed by atoms with Crippen molar-refractivity contribution in [1.29, 1.82) is 0 Å². The fourth-order valence-corrected chi connectivity index (χ4v) is 2.89. The van der Waals surface area contributed by atoms with Gasteiger partial charge in [0, 0.05) is 0 Å². The van der Waals surface area contributed by atoms with Crippen molar-refractivity contribution in [3.63, 3.8) is 0 Å². The highest BCUT2D eigenvalue weighted by molar-refractivity contribution is 5.30. The second-order valence-corrected chi connectivity index (χ2v) is 4.87. The summed E-state index contributed by atoms with van der Waals surface area (Å²) in [5.41, 5.74) is 1.64. The van der Waals surface area contributed by atoms with Crippen LogP contribution in [-0.2, 0) is 0 Å². The van der Waals surface area contributed by atoms with Gasteiger partial charge in [0.15, 0.2) is 0 Å². The summed E-state index contributed by atoms with van der Waals surface area (Å²) in [5.74, 6) is 0.365. The van der Waals surface area contributed by atoms with Crippen molar-refractivity contribution in [3.05, 3.63) is 36.1 Å². The van der Waals surface area contributed by atoms with Crippen molar-refractivity contribution >= 4 is 0 Å². The number of aliphatic hydroxyl groups is 1. The molecule has 0 unspecified atom stereocenters. The summed E-state index contributed by atoms with van der Waals surface area (Å²) in [5, 5.41) is 9.24. The van der Waals surface area contributed by atoms with Crippen LogP contribution in [0.3, 0.4) is 0 Å². The zero-order valence-corrected chi connectivity index (χ0v) is 10.6. The summed E-state index contributed by atoms with van der Waals surface area (Å²) < 4.78 is 0. The third-order valence-corrected chi connectivity index (χ3v) is 3.63. The van der Waals surface area contributed by atoms with Crippen molar-refractivity contribution in [2.45, 2.75) is 52.4 Å². The Kier molecular flexibility index (Phi) is 4.85. The first-order chi connectivity index (χ1) is 7.64. The lowest BCUT2D eigenvalue weighted by atomic mass is 9.74. The monoisotopic (exact) mass is 220 g/mol.